The molecule has 2 heterocycles. The first-order chi connectivity index (χ1) is 20.8. The van der Waals surface area contributed by atoms with E-state index in [4.69, 9.17) is 13.8 Å². The number of furan rings is 1. The van der Waals surface area contributed by atoms with Crippen LogP contribution in [0.1, 0.15) is 17.4 Å². The number of hydrogen-bond acceptors (Lipinski definition) is 3. The Morgan fingerprint density at radius 3 is 2.43 bits per heavy atom. The molecule has 5 aromatic carbocycles. The van der Waals surface area contributed by atoms with E-state index in [-0.39, 0.29) is 5.92 Å². The molecule has 3 aliphatic carbocycles. The normalized spacial score (nSPS) is 17.7. The summed E-state index contributed by atoms with van der Waals surface area (Å²) in [4.78, 5) is 4.90. The number of rotatable bonds is 2. The number of fused-ring (bicyclic) bond motifs is 10. The lowest BCUT2D eigenvalue weighted by Crippen LogP contribution is -2.12. The summed E-state index contributed by atoms with van der Waals surface area (Å²) in [6.07, 6.45) is 13.0. The van der Waals surface area contributed by atoms with Crippen molar-refractivity contribution in [2.75, 3.05) is 0 Å². The largest absolute Gasteiger partial charge is 0.455 e. The standard InChI is InChI=1S/C39H23NO2/c1-2-10-26-22(7-1)15-20-33-37(26)42-39(40-33)24-9-5-8-23(21-24)25-16-19-32-35-28(25)12-6-13-29(35)30-17-18-31-27-11-3-4-14-34(27)41-38(31)36(30)32/h1-22,26H. The SMILES string of the molecule is C1=CC2C=Cc3nc(-c4cccc(-c5ccc6c7c(cccc57)-c5ccc7c(oc8ccccc87)c5-6)c4)oc3C2C=C1. The Kier molecular flexibility index (Phi) is 4.29. The Morgan fingerprint density at radius 1 is 0.595 bits per heavy atom. The molecule has 3 heteroatoms. The Hall–Kier alpha value is -5.41. The lowest BCUT2D eigenvalue weighted by Gasteiger charge is -2.22. The summed E-state index contributed by atoms with van der Waals surface area (Å²) in [6.45, 7) is 0. The summed E-state index contributed by atoms with van der Waals surface area (Å²) in [5.41, 5.74) is 11.1. The van der Waals surface area contributed by atoms with Crippen LogP contribution in [0.15, 0.2) is 130 Å². The van der Waals surface area contributed by atoms with Gasteiger partial charge in [0.15, 0.2) is 0 Å². The second-order valence-corrected chi connectivity index (χ2v) is 11.4. The van der Waals surface area contributed by atoms with Crippen LogP contribution in [-0.2, 0) is 0 Å². The van der Waals surface area contributed by atoms with Gasteiger partial charge in [0, 0.05) is 33.7 Å². The number of oxazole rings is 1. The van der Waals surface area contributed by atoms with Gasteiger partial charge >= 0.3 is 0 Å². The van der Waals surface area contributed by atoms with Gasteiger partial charge in [-0.1, -0.05) is 97.1 Å². The van der Waals surface area contributed by atoms with Gasteiger partial charge in [-0.25, -0.2) is 4.98 Å². The van der Waals surface area contributed by atoms with Crippen LogP contribution in [0.3, 0.4) is 0 Å². The summed E-state index contributed by atoms with van der Waals surface area (Å²) in [5, 5.41) is 4.84. The lowest BCUT2D eigenvalue weighted by molar-refractivity contribution is 0.472. The Morgan fingerprint density at radius 2 is 1.43 bits per heavy atom. The van der Waals surface area contributed by atoms with Crippen LogP contribution >= 0.6 is 0 Å². The van der Waals surface area contributed by atoms with Gasteiger partial charge in [0.05, 0.1) is 0 Å². The molecule has 0 saturated heterocycles. The second kappa shape index (κ2) is 8.08. The molecule has 2 aromatic heterocycles. The van der Waals surface area contributed by atoms with E-state index < -0.39 is 0 Å². The molecule has 3 nitrogen and oxygen atoms in total. The molecule has 10 rings (SSSR count). The zero-order chi connectivity index (χ0) is 27.4. The van der Waals surface area contributed by atoms with Crippen molar-refractivity contribution in [3.05, 3.63) is 133 Å². The third-order valence-corrected chi connectivity index (χ3v) is 9.21. The van der Waals surface area contributed by atoms with Gasteiger partial charge in [-0.2, -0.15) is 0 Å². The summed E-state index contributed by atoms with van der Waals surface area (Å²) < 4.78 is 12.9. The van der Waals surface area contributed by atoms with Gasteiger partial charge in [-0.15, -0.1) is 0 Å². The van der Waals surface area contributed by atoms with E-state index in [0.717, 1.165) is 44.5 Å². The highest BCUT2D eigenvalue weighted by molar-refractivity contribution is 6.24. The fourth-order valence-electron chi connectivity index (χ4n) is 7.29. The highest BCUT2D eigenvalue weighted by atomic mass is 16.4. The van der Waals surface area contributed by atoms with Crippen molar-refractivity contribution in [2.45, 2.75) is 5.92 Å². The van der Waals surface area contributed by atoms with E-state index in [1.807, 2.05) is 6.07 Å². The van der Waals surface area contributed by atoms with Gasteiger partial charge in [0.25, 0.3) is 0 Å². The number of benzene rings is 5. The number of hydrogen-bond donors (Lipinski definition) is 0. The van der Waals surface area contributed by atoms with Gasteiger partial charge in [-0.3, -0.25) is 0 Å². The topological polar surface area (TPSA) is 39.2 Å². The third kappa shape index (κ3) is 2.92. The molecule has 0 amide bonds. The Balaban J connectivity index is 1.12. The molecule has 0 radical (unpaired) electrons. The molecular formula is C39H23NO2. The van der Waals surface area contributed by atoms with Crippen LogP contribution in [0.4, 0.5) is 0 Å². The molecule has 0 spiro atoms. The van der Waals surface area contributed by atoms with E-state index >= 15 is 0 Å². The summed E-state index contributed by atoms with van der Waals surface area (Å²) in [6, 6.07) is 32.5. The van der Waals surface area contributed by atoms with Gasteiger partial charge in [0.1, 0.15) is 22.6 Å². The fraction of sp³-hybridized carbons (Fsp3) is 0.0513. The molecular weight excluding hydrogens is 514 g/mol. The maximum Gasteiger partial charge on any atom is 0.226 e. The molecule has 0 saturated carbocycles. The predicted molar refractivity (Wildman–Crippen MR) is 170 cm³/mol. The Bertz CT molecular complexity index is 2380. The van der Waals surface area contributed by atoms with Crippen LogP contribution in [-0.4, -0.2) is 4.98 Å². The zero-order valence-electron chi connectivity index (χ0n) is 22.5. The number of allylic oxidation sites excluding steroid dienone is 5. The minimum atomic E-state index is 0.204. The van der Waals surface area contributed by atoms with E-state index in [1.165, 1.54) is 38.6 Å². The second-order valence-electron chi connectivity index (χ2n) is 11.4. The van der Waals surface area contributed by atoms with Crippen molar-refractivity contribution in [1.82, 2.24) is 4.98 Å². The quantitative estimate of drug-likeness (QED) is 0.220. The van der Waals surface area contributed by atoms with Crippen molar-refractivity contribution < 1.29 is 8.83 Å². The van der Waals surface area contributed by atoms with Crippen molar-refractivity contribution in [3.63, 3.8) is 0 Å². The molecule has 196 valence electrons. The summed E-state index contributed by atoms with van der Waals surface area (Å²) in [5.74, 6) is 2.15. The molecule has 7 aromatic rings. The predicted octanol–water partition coefficient (Wildman–Crippen LogP) is 10.6. The Labute approximate surface area is 241 Å². The van der Waals surface area contributed by atoms with E-state index in [1.54, 1.807) is 0 Å². The average Bonchev–Trinajstić information content (AvgIpc) is 3.74. The van der Waals surface area contributed by atoms with E-state index in [0.29, 0.717) is 11.8 Å². The first-order valence-electron chi connectivity index (χ1n) is 14.5. The van der Waals surface area contributed by atoms with Crippen molar-refractivity contribution in [2.24, 2.45) is 5.92 Å². The monoisotopic (exact) mass is 537 g/mol. The minimum Gasteiger partial charge on any atom is -0.455 e. The molecule has 0 aliphatic heterocycles. The molecule has 2 atom stereocenters. The van der Waals surface area contributed by atoms with Crippen LogP contribution < -0.4 is 0 Å². The first-order valence-corrected chi connectivity index (χ1v) is 14.5. The van der Waals surface area contributed by atoms with Crippen LogP contribution in [0.2, 0.25) is 0 Å². The molecule has 2 unspecified atom stereocenters. The molecule has 0 fully saturated rings. The summed E-state index contributed by atoms with van der Waals surface area (Å²) in [7, 11) is 0. The third-order valence-electron chi connectivity index (χ3n) is 9.21. The number of para-hydroxylation sites is 1. The zero-order valence-corrected chi connectivity index (χ0v) is 22.5. The first kappa shape index (κ1) is 22.3. The summed E-state index contributed by atoms with van der Waals surface area (Å²) >= 11 is 0. The molecule has 3 aliphatic rings. The molecule has 0 N–H and O–H groups in total. The molecule has 0 bridgehead atoms. The van der Waals surface area contributed by atoms with Crippen molar-refractivity contribution in [1.29, 1.82) is 0 Å². The number of aromatic nitrogens is 1. The highest BCUT2D eigenvalue weighted by Gasteiger charge is 2.30. The van der Waals surface area contributed by atoms with Crippen LogP contribution in [0.25, 0.3) is 83.6 Å². The van der Waals surface area contributed by atoms with Crippen LogP contribution in [0, 0.1) is 5.92 Å². The van der Waals surface area contributed by atoms with E-state index in [2.05, 4.69) is 121 Å². The average molecular weight is 538 g/mol. The maximum absolute atomic E-state index is 6.47. The lowest BCUT2D eigenvalue weighted by atomic mass is 9.82. The van der Waals surface area contributed by atoms with Gasteiger partial charge in [0.2, 0.25) is 5.89 Å². The van der Waals surface area contributed by atoms with Crippen molar-refractivity contribution in [3.8, 4) is 44.8 Å². The van der Waals surface area contributed by atoms with Gasteiger partial charge < -0.3 is 8.83 Å². The maximum atomic E-state index is 6.47. The number of nitrogens with zero attached hydrogens (tertiary/aromatic N) is 1. The minimum absolute atomic E-state index is 0.204. The smallest absolute Gasteiger partial charge is 0.226 e. The fourth-order valence-corrected chi connectivity index (χ4v) is 7.29. The van der Waals surface area contributed by atoms with E-state index in [9.17, 15) is 0 Å². The molecule has 42 heavy (non-hydrogen) atoms. The van der Waals surface area contributed by atoms with Crippen LogP contribution in [0.5, 0.6) is 0 Å². The van der Waals surface area contributed by atoms with Crippen molar-refractivity contribution >= 4 is 38.8 Å². The van der Waals surface area contributed by atoms with Gasteiger partial charge in [-0.05, 0) is 68.9 Å². The highest BCUT2D eigenvalue weighted by Crippen LogP contribution is 2.53.